The summed E-state index contributed by atoms with van der Waals surface area (Å²) in [6.45, 7) is 3.64. The lowest BCUT2D eigenvalue weighted by Gasteiger charge is -2.33. The molecule has 0 saturated carbocycles. The van der Waals surface area contributed by atoms with Crippen LogP contribution in [0.3, 0.4) is 0 Å². The maximum Gasteiger partial charge on any atom is 0.244 e. The number of nitrogens with one attached hydrogen (secondary N) is 2. The molecule has 4 heteroatoms. The number of rotatable bonds is 2. The van der Waals surface area contributed by atoms with E-state index in [1.165, 1.54) is 5.56 Å². The van der Waals surface area contributed by atoms with Gasteiger partial charge in [0.2, 0.25) is 5.91 Å². The largest absolute Gasteiger partial charge is 0.493 e. The van der Waals surface area contributed by atoms with Gasteiger partial charge in [-0.3, -0.25) is 4.79 Å². The molecule has 2 aliphatic rings. The molecular weight excluding hydrogens is 240 g/mol. The third-order valence-electron chi connectivity index (χ3n) is 4.07. The SMILES string of the molecule is CC1(C(=O)Nc2ccc3c(c2)CCO3)CCCCN1. The van der Waals surface area contributed by atoms with Gasteiger partial charge in [0.05, 0.1) is 12.1 Å². The molecule has 0 aromatic heterocycles. The van der Waals surface area contributed by atoms with Crippen molar-refractivity contribution in [2.24, 2.45) is 0 Å². The molecule has 0 spiro atoms. The van der Waals surface area contributed by atoms with Crippen molar-refractivity contribution in [3.05, 3.63) is 23.8 Å². The number of amides is 1. The maximum atomic E-state index is 12.4. The number of hydrogen-bond donors (Lipinski definition) is 2. The van der Waals surface area contributed by atoms with Crippen LogP contribution in [0, 0.1) is 0 Å². The monoisotopic (exact) mass is 260 g/mol. The number of hydrogen-bond acceptors (Lipinski definition) is 3. The summed E-state index contributed by atoms with van der Waals surface area (Å²) >= 11 is 0. The molecule has 0 aliphatic carbocycles. The second-order valence-corrected chi connectivity index (χ2v) is 5.59. The molecule has 2 heterocycles. The molecule has 1 aromatic carbocycles. The van der Waals surface area contributed by atoms with Crippen molar-refractivity contribution >= 4 is 11.6 Å². The van der Waals surface area contributed by atoms with E-state index in [1.54, 1.807) is 0 Å². The second-order valence-electron chi connectivity index (χ2n) is 5.59. The highest BCUT2D eigenvalue weighted by molar-refractivity contribution is 5.98. The van der Waals surface area contributed by atoms with Gasteiger partial charge in [0.15, 0.2) is 0 Å². The lowest BCUT2D eigenvalue weighted by Crippen LogP contribution is -2.54. The van der Waals surface area contributed by atoms with Crippen molar-refractivity contribution in [1.82, 2.24) is 5.32 Å². The Morgan fingerprint density at radius 3 is 3.11 bits per heavy atom. The summed E-state index contributed by atoms with van der Waals surface area (Å²) < 4.78 is 5.47. The Bertz CT molecular complexity index is 493. The van der Waals surface area contributed by atoms with Gasteiger partial charge in [-0.25, -0.2) is 0 Å². The van der Waals surface area contributed by atoms with Gasteiger partial charge in [0.25, 0.3) is 0 Å². The van der Waals surface area contributed by atoms with Crippen LogP contribution in [0.2, 0.25) is 0 Å². The first-order valence-corrected chi connectivity index (χ1v) is 7.00. The topological polar surface area (TPSA) is 50.4 Å². The summed E-state index contributed by atoms with van der Waals surface area (Å²) in [5.41, 5.74) is 1.61. The van der Waals surface area contributed by atoms with E-state index < -0.39 is 5.54 Å². The van der Waals surface area contributed by atoms with Crippen LogP contribution in [0.4, 0.5) is 5.69 Å². The highest BCUT2D eigenvalue weighted by Crippen LogP contribution is 2.28. The lowest BCUT2D eigenvalue weighted by molar-refractivity contribution is -0.122. The van der Waals surface area contributed by atoms with Crippen LogP contribution < -0.4 is 15.4 Å². The molecule has 1 saturated heterocycles. The van der Waals surface area contributed by atoms with Gasteiger partial charge in [0.1, 0.15) is 5.75 Å². The zero-order chi connectivity index (χ0) is 13.3. The minimum atomic E-state index is -0.437. The van der Waals surface area contributed by atoms with E-state index in [2.05, 4.69) is 10.6 Å². The van der Waals surface area contributed by atoms with Crippen molar-refractivity contribution in [2.45, 2.75) is 38.1 Å². The van der Waals surface area contributed by atoms with E-state index in [9.17, 15) is 4.79 Å². The number of anilines is 1. The van der Waals surface area contributed by atoms with Gasteiger partial charge < -0.3 is 15.4 Å². The Kier molecular flexibility index (Phi) is 3.19. The van der Waals surface area contributed by atoms with Gasteiger partial charge in [-0.1, -0.05) is 0 Å². The highest BCUT2D eigenvalue weighted by atomic mass is 16.5. The van der Waals surface area contributed by atoms with E-state index in [-0.39, 0.29) is 5.91 Å². The highest BCUT2D eigenvalue weighted by Gasteiger charge is 2.34. The molecule has 1 unspecified atom stereocenters. The Morgan fingerprint density at radius 2 is 2.32 bits per heavy atom. The smallest absolute Gasteiger partial charge is 0.244 e. The number of carbonyl (C=O) groups is 1. The third kappa shape index (κ3) is 2.45. The predicted octanol–water partition coefficient (Wildman–Crippen LogP) is 2.09. The third-order valence-corrected chi connectivity index (χ3v) is 4.07. The first kappa shape index (κ1) is 12.5. The normalized spacial score (nSPS) is 25.5. The maximum absolute atomic E-state index is 12.4. The minimum absolute atomic E-state index is 0.0612. The van der Waals surface area contributed by atoms with Crippen LogP contribution in [0.15, 0.2) is 18.2 Å². The standard InChI is InChI=1S/C15H20N2O2/c1-15(7-2-3-8-16-15)14(18)17-12-4-5-13-11(10-12)6-9-19-13/h4-5,10,16H,2-3,6-9H2,1H3,(H,17,18). The van der Waals surface area contributed by atoms with Crippen molar-refractivity contribution < 1.29 is 9.53 Å². The molecule has 2 N–H and O–H groups in total. The van der Waals surface area contributed by atoms with E-state index in [0.29, 0.717) is 0 Å². The Labute approximate surface area is 113 Å². The van der Waals surface area contributed by atoms with E-state index in [4.69, 9.17) is 4.74 Å². The Balaban J connectivity index is 1.72. The van der Waals surface area contributed by atoms with Crippen LogP contribution in [-0.4, -0.2) is 24.6 Å². The molecule has 0 bridgehead atoms. The zero-order valence-electron chi connectivity index (χ0n) is 11.3. The molecule has 1 amide bonds. The number of ether oxygens (including phenoxy) is 1. The summed E-state index contributed by atoms with van der Waals surface area (Å²) in [7, 11) is 0. The second kappa shape index (κ2) is 4.85. The lowest BCUT2D eigenvalue weighted by atomic mass is 9.90. The molecule has 2 aliphatic heterocycles. The van der Waals surface area contributed by atoms with Crippen LogP contribution in [0.5, 0.6) is 5.75 Å². The first-order chi connectivity index (χ1) is 9.17. The van der Waals surface area contributed by atoms with E-state index >= 15 is 0 Å². The fourth-order valence-electron chi connectivity index (χ4n) is 2.78. The van der Waals surface area contributed by atoms with E-state index in [1.807, 2.05) is 25.1 Å². The van der Waals surface area contributed by atoms with Crippen LogP contribution in [0.1, 0.15) is 31.7 Å². The fourth-order valence-corrected chi connectivity index (χ4v) is 2.78. The summed E-state index contributed by atoms with van der Waals surface area (Å²) in [6.07, 6.45) is 4.08. The van der Waals surface area contributed by atoms with Crippen LogP contribution in [-0.2, 0) is 11.2 Å². The van der Waals surface area contributed by atoms with E-state index in [0.717, 1.165) is 50.3 Å². The molecule has 19 heavy (non-hydrogen) atoms. The number of carbonyl (C=O) groups excluding carboxylic acids is 1. The molecule has 4 nitrogen and oxygen atoms in total. The van der Waals surface area contributed by atoms with Gasteiger partial charge in [-0.05, 0) is 56.5 Å². The molecule has 3 rings (SSSR count). The number of benzene rings is 1. The minimum Gasteiger partial charge on any atom is -0.493 e. The molecular formula is C15H20N2O2. The molecule has 1 fully saturated rings. The molecule has 1 aromatic rings. The fraction of sp³-hybridized carbons (Fsp3) is 0.533. The summed E-state index contributed by atoms with van der Waals surface area (Å²) in [6, 6.07) is 5.87. The van der Waals surface area contributed by atoms with Crippen LogP contribution in [0.25, 0.3) is 0 Å². The van der Waals surface area contributed by atoms with Crippen molar-refractivity contribution in [1.29, 1.82) is 0 Å². The zero-order valence-corrected chi connectivity index (χ0v) is 11.3. The average molecular weight is 260 g/mol. The Hall–Kier alpha value is -1.55. The number of fused-ring (bicyclic) bond motifs is 1. The summed E-state index contributed by atoms with van der Waals surface area (Å²) in [5, 5.41) is 6.36. The Morgan fingerprint density at radius 1 is 1.42 bits per heavy atom. The van der Waals surface area contributed by atoms with Crippen molar-refractivity contribution in [3.8, 4) is 5.75 Å². The van der Waals surface area contributed by atoms with Gasteiger partial charge in [-0.2, -0.15) is 0 Å². The molecule has 102 valence electrons. The van der Waals surface area contributed by atoms with Gasteiger partial charge in [-0.15, -0.1) is 0 Å². The molecule has 1 atom stereocenters. The van der Waals surface area contributed by atoms with Crippen LogP contribution >= 0.6 is 0 Å². The summed E-state index contributed by atoms with van der Waals surface area (Å²) in [4.78, 5) is 12.4. The molecule has 0 radical (unpaired) electrons. The summed E-state index contributed by atoms with van der Waals surface area (Å²) in [5.74, 6) is 1.01. The quantitative estimate of drug-likeness (QED) is 0.856. The average Bonchev–Trinajstić information content (AvgIpc) is 2.87. The van der Waals surface area contributed by atoms with Crippen molar-refractivity contribution in [3.63, 3.8) is 0 Å². The number of piperidine rings is 1. The van der Waals surface area contributed by atoms with Gasteiger partial charge >= 0.3 is 0 Å². The first-order valence-electron chi connectivity index (χ1n) is 7.00. The predicted molar refractivity (Wildman–Crippen MR) is 74.5 cm³/mol. The van der Waals surface area contributed by atoms with Crippen molar-refractivity contribution in [2.75, 3.05) is 18.5 Å². The van der Waals surface area contributed by atoms with Gasteiger partial charge in [0, 0.05) is 12.1 Å².